The summed E-state index contributed by atoms with van der Waals surface area (Å²) < 4.78 is 29.5. The van der Waals surface area contributed by atoms with Gasteiger partial charge in [-0.15, -0.1) is 11.3 Å². The summed E-state index contributed by atoms with van der Waals surface area (Å²) in [7, 11) is -1.85. The summed E-state index contributed by atoms with van der Waals surface area (Å²) in [5.41, 5.74) is 2.22. The Hall–Kier alpha value is -2.23. The number of piperidine rings is 1. The van der Waals surface area contributed by atoms with Crippen LogP contribution in [0.2, 0.25) is 0 Å². The molecule has 3 heterocycles. The molecule has 30 heavy (non-hydrogen) atoms. The molecule has 7 nitrogen and oxygen atoms in total. The van der Waals surface area contributed by atoms with E-state index >= 15 is 0 Å². The van der Waals surface area contributed by atoms with Gasteiger partial charge in [0.05, 0.1) is 22.8 Å². The first-order chi connectivity index (χ1) is 14.3. The molecule has 1 aliphatic heterocycles. The van der Waals surface area contributed by atoms with Crippen LogP contribution in [0.3, 0.4) is 0 Å². The molecule has 0 bridgehead atoms. The fraction of sp³-hybridized carbons (Fsp3) is 0.429. The van der Waals surface area contributed by atoms with Crippen LogP contribution >= 0.6 is 11.3 Å². The molecule has 0 radical (unpaired) electrons. The molecule has 1 aromatic carbocycles. The minimum absolute atomic E-state index is 0.181. The first-order valence-electron chi connectivity index (χ1n) is 10.1. The second kappa shape index (κ2) is 8.13. The van der Waals surface area contributed by atoms with Crippen LogP contribution in [-0.4, -0.2) is 53.1 Å². The number of sulfonamides is 1. The van der Waals surface area contributed by atoms with Gasteiger partial charge in [-0.05, 0) is 44.9 Å². The van der Waals surface area contributed by atoms with Gasteiger partial charge in [0.1, 0.15) is 0 Å². The van der Waals surface area contributed by atoms with E-state index in [9.17, 15) is 13.2 Å². The average Bonchev–Trinajstić information content (AvgIpc) is 3.23. The van der Waals surface area contributed by atoms with E-state index in [1.165, 1.54) is 10.4 Å². The molecule has 0 spiro atoms. The summed E-state index contributed by atoms with van der Waals surface area (Å²) in [6.45, 7) is 5.44. The molecule has 1 saturated heterocycles. The van der Waals surface area contributed by atoms with Crippen molar-refractivity contribution >= 4 is 32.2 Å². The maximum Gasteiger partial charge on any atom is 0.253 e. The van der Waals surface area contributed by atoms with E-state index in [-0.39, 0.29) is 10.8 Å². The van der Waals surface area contributed by atoms with Gasteiger partial charge in [-0.3, -0.25) is 9.20 Å². The molecular weight excluding hydrogens is 420 g/mol. The summed E-state index contributed by atoms with van der Waals surface area (Å²) in [5, 5.41) is 0. The summed E-state index contributed by atoms with van der Waals surface area (Å²) in [4.78, 5) is 21.5. The van der Waals surface area contributed by atoms with Crippen molar-refractivity contribution in [1.29, 1.82) is 0 Å². The Balaban J connectivity index is 1.57. The zero-order valence-corrected chi connectivity index (χ0v) is 19.1. The van der Waals surface area contributed by atoms with Crippen molar-refractivity contribution in [2.24, 2.45) is 0 Å². The molecule has 0 saturated carbocycles. The van der Waals surface area contributed by atoms with E-state index in [0.717, 1.165) is 40.5 Å². The van der Waals surface area contributed by atoms with Gasteiger partial charge in [0.2, 0.25) is 10.0 Å². The fourth-order valence-corrected chi connectivity index (χ4v) is 6.31. The van der Waals surface area contributed by atoms with Gasteiger partial charge >= 0.3 is 0 Å². The Labute approximate surface area is 181 Å². The molecular formula is C21H26N4O3S2. The number of imidazole rings is 1. The zero-order valence-electron chi connectivity index (χ0n) is 17.5. The molecule has 4 rings (SSSR count). The lowest BCUT2D eigenvalue weighted by atomic mass is 10.2. The highest BCUT2D eigenvalue weighted by Crippen LogP contribution is 2.24. The monoisotopic (exact) mass is 446 g/mol. The molecule has 3 aromatic rings. The minimum atomic E-state index is -3.58. The first-order valence-corrected chi connectivity index (χ1v) is 12.3. The molecule has 2 aromatic heterocycles. The van der Waals surface area contributed by atoms with Crippen molar-refractivity contribution in [3.8, 4) is 0 Å². The van der Waals surface area contributed by atoms with Crippen LogP contribution in [0.4, 0.5) is 0 Å². The summed E-state index contributed by atoms with van der Waals surface area (Å²) in [6, 6.07) is 6.37. The third-order valence-electron chi connectivity index (χ3n) is 5.51. The Morgan fingerprint density at radius 2 is 1.93 bits per heavy atom. The van der Waals surface area contributed by atoms with Crippen molar-refractivity contribution in [2.45, 2.75) is 44.6 Å². The topological polar surface area (TPSA) is 75.0 Å². The molecule has 0 unspecified atom stereocenters. The number of aryl methyl sites for hydroxylation is 2. The van der Waals surface area contributed by atoms with Crippen LogP contribution in [0.1, 0.15) is 45.9 Å². The van der Waals surface area contributed by atoms with E-state index < -0.39 is 10.0 Å². The molecule has 160 valence electrons. The predicted molar refractivity (Wildman–Crippen MR) is 117 cm³/mol. The minimum Gasteiger partial charge on any atom is -0.336 e. The van der Waals surface area contributed by atoms with Crippen LogP contribution < -0.4 is 0 Å². The van der Waals surface area contributed by atoms with Crippen molar-refractivity contribution in [1.82, 2.24) is 18.6 Å². The summed E-state index contributed by atoms with van der Waals surface area (Å²) >= 11 is 1.61. The van der Waals surface area contributed by atoms with E-state index in [1.807, 2.05) is 24.4 Å². The first kappa shape index (κ1) is 21.0. The fourth-order valence-electron chi connectivity index (χ4n) is 3.86. The number of hydrogen-bond acceptors (Lipinski definition) is 5. The number of carbonyl (C=O) groups excluding carboxylic acids is 1. The maximum atomic E-state index is 13.1. The second-order valence-corrected chi connectivity index (χ2v) is 10.9. The van der Waals surface area contributed by atoms with Crippen LogP contribution in [0.15, 0.2) is 35.4 Å². The van der Waals surface area contributed by atoms with Gasteiger partial charge < -0.3 is 4.90 Å². The lowest BCUT2D eigenvalue weighted by Gasteiger charge is -2.26. The lowest BCUT2D eigenvalue weighted by Crippen LogP contribution is -2.35. The number of thiazole rings is 1. The molecule has 0 aliphatic carbocycles. The van der Waals surface area contributed by atoms with Gasteiger partial charge in [-0.25, -0.2) is 13.4 Å². The molecule has 0 atom stereocenters. The SMILES string of the molecule is Cc1cn2c(CN(C)C(=O)c3cccc(S(=O)(=O)N4CCCCC4)c3)c(C)nc2s1. The van der Waals surface area contributed by atoms with Crippen LogP contribution in [0, 0.1) is 13.8 Å². The average molecular weight is 447 g/mol. The van der Waals surface area contributed by atoms with Crippen LogP contribution in [-0.2, 0) is 16.6 Å². The van der Waals surface area contributed by atoms with Gasteiger partial charge in [0.25, 0.3) is 5.91 Å². The molecule has 9 heteroatoms. The largest absolute Gasteiger partial charge is 0.336 e. The standard InChI is InChI=1S/C21H26N4O3S2/c1-15-13-25-19(16(2)22-21(25)29-15)14-23(3)20(26)17-8-7-9-18(12-17)30(27,28)24-10-5-4-6-11-24/h7-9,12-13H,4-6,10-11,14H2,1-3H3. The number of nitrogens with zero attached hydrogens (tertiary/aromatic N) is 4. The van der Waals surface area contributed by atoms with Gasteiger partial charge in [0, 0.05) is 36.8 Å². The van der Waals surface area contributed by atoms with Crippen molar-refractivity contribution in [2.75, 3.05) is 20.1 Å². The molecule has 1 amide bonds. The third kappa shape index (κ3) is 3.89. The Kier molecular flexibility index (Phi) is 5.69. The molecule has 1 aliphatic rings. The summed E-state index contributed by atoms with van der Waals surface area (Å²) in [6.07, 6.45) is 4.84. The summed E-state index contributed by atoms with van der Waals surface area (Å²) in [5.74, 6) is -0.216. The number of benzene rings is 1. The second-order valence-electron chi connectivity index (χ2n) is 7.79. The highest BCUT2D eigenvalue weighted by Gasteiger charge is 2.27. The van der Waals surface area contributed by atoms with Gasteiger partial charge in [-0.1, -0.05) is 12.5 Å². The van der Waals surface area contributed by atoms with Gasteiger partial charge in [0.15, 0.2) is 4.96 Å². The lowest BCUT2D eigenvalue weighted by molar-refractivity contribution is 0.0782. The number of rotatable bonds is 5. The predicted octanol–water partition coefficient (Wildman–Crippen LogP) is 3.46. The Morgan fingerprint density at radius 3 is 2.67 bits per heavy atom. The van der Waals surface area contributed by atoms with Crippen molar-refractivity contribution in [3.63, 3.8) is 0 Å². The quantitative estimate of drug-likeness (QED) is 0.602. The van der Waals surface area contributed by atoms with Crippen LogP contribution in [0.5, 0.6) is 0 Å². The number of hydrogen-bond donors (Lipinski definition) is 0. The van der Waals surface area contributed by atoms with E-state index in [4.69, 9.17) is 0 Å². The number of aromatic nitrogens is 2. The van der Waals surface area contributed by atoms with E-state index in [1.54, 1.807) is 41.5 Å². The molecule has 0 N–H and O–H groups in total. The number of fused-ring (bicyclic) bond motifs is 1. The van der Waals surface area contributed by atoms with E-state index in [0.29, 0.717) is 25.2 Å². The van der Waals surface area contributed by atoms with Crippen LogP contribution in [0.25, 0.3) is 4.96 Å². The molecule has 1 fully saturated rings. The number of amides is 1. The van der Waals surface area contributed by atoms with E-state index in [2.05, 4.69) is 4.98 Å². The number of carbonyl (C=O) groups is 1. The van der Waals surface area contributed by atoms with Crippen molar-refractivity contribution < 1.29 is 13.2 Å². The normalized spacial score (nSPS) is 15.6. The highest BCUT2D eigenvalue weighted by atomic mass is 32.2. The highest BCUT2D eigenvalue weighted by molar-refractivity contribution is 7.89. The van der Waals surface area contributed by atoms with Crippen molar-refractivity contribution in [3.05, 3.63) is 52.3 Å². The Morgan fingerprint density at radius 1 is 1.20 bits per heavy atom. The third-order valence-corrected chi connectivity index (χ3v) is 8.30. The smallest absolute Gasteiger partial charge is 0.253 e. The maximum absolute atomic E-state index is 13.1. The van der Waals surface area contributed by atoms with Gasteiger partial charge in [-0.2, -0.15) is 4.31 Å². The Bertz CT molecular complexity index is 1190. The zero-order chi connectivity index (χ0) is 21.5.